The molecule has 6 heteroatoms. The quantitative estimate of drug-likeness (QED) is 0.651. The molecule has 0 aliphatic carbocycles. The summed E-state index contributed by atoms with van der Waals surface area (Å²) in [4.78, 5) is 10.5. The van der Waals surface area contributed by atoms with Crippen LogP contribution in [0.1, 0.15) is 19.3 Å². The second-order valence-electron chi connectivity index (χ2n) is 4.45. The zero-order chi connectivity index (χ0) is 13.0. The molecule has 2 N–H and O–H groups in total. The fourth-order valence-electron chi connectivity index (χ4n) is 2.14. The maximum absolute atomic E-state index is 10.9. The Morgan fingerprint density at radius 3 is 3.00 bits per heavy atom. The number of benzene rings is 1. The molecule has 1 heterocycles. The summed E-state index contributed by atoms with van der Waals surface area (Å²) in [6.07, 6.45) is 3.52. The summed E-state index contributed by atoms with van der Waals surface area (Å²) in [6.45, 7) is 1.72. The molecule has 2 rings (SSSR count). The van der Waals surface area contributed by atoms with Crippen molar-refractivity contribution in [3.8, 4) is 0 Å². The Bertz CT molecular complexity index is 433. The van der Waals surface area contributed by atoms with Gasteiger partial charge in [0.25, 0.3) is 5.69 Å². The number of halogens is 1. The normalized spacial score (nSPS) is 19.5. The fraction of sp³-hybridized carbons (Fsp3) is 0.500. The lowest BCUT2D eigenvalue weighted by molar-refractivity contribution is -0.383. The smallest absolute Gasteiger partial charge is 0.293 e. The second-order valence-corrected chi connectivity index (χ2v) is 4.88. The van der Waals surface area contributed by atoms with E-state index in [0.717, 1.165) is 13.0 Å². The van der Waals surface area contributed by atoms with Crippen molar-refractivity contribution in [2.45, 2.75) is 25.3 Å². The van der Waals surface area contributed by atoms with Gasteiger partial charge in [-0.1, -0.05) is 18.0 Å². The number of rotatable bonds is 4. The summed E-state index contributed by atoms with van der Waals surface area (Å²) in [5.41, 5.74) is 0.551. The molecule has 0 spiro atoms. The Morgan fingerprint density at radius 1 is 1.50 bits per heavy atom. The molecule has 1 aromatic rings. The molecule has 1 fully saturated rings. The average Bonchev–Trinajstić information content (AvgIpc) is 2.38. The van der Waals surface area contributed by atoms with Crippen LogP contribution in [0.25, 0.3) is 0 Å². The molecule has 1 aliphatic heterocycles. The molecule has 0 aromatic heterocycles. The Labute approximate surface area is 111 Å². The van der Waals surface area contributed by atoms with Gasteiger partial charge in [-0.05, 0) is 31.5 Å². The lowest BCUT2D eigenvalue weighted by Crippen LogP contribution is -2.39. The van der Waals surface area contributed by atoms with E-state index >= 15 is 0 Å². The predicted octanol–water partition coefficient (Wildman–Crippen LogP) is 2.80. The molecule has 98 valence electrons. The monoisotopic (exact) mass is 269 g/mol. The highest BCUT2D eigenvalue weighted by Gasteiger charge is 2.17. The van der Waals surface area contributed by atoms with E-state index in [1.165, 1.54) is 18.9 Å². The van der Waals surface area contributed by atoms with Crippen LogP contribution in [0, 0.1) is 10.1 Å². The Hall–Kier alpha value is -1.33. The van der Waals surface area contributed by atoms with E-state index in [-0.39, 0.29) is 5.69 Å². The van der Waals surface area contributed by atoms with Crippen LogP contribution >= 0.6 is 11.6 Å². The molecule has 0 radical (unpaired) electrons. The van der Waals surface area contributed by atoms with E-state index in [1.54, 1.807) is 12.1 Å². The van der Waals surface area contributed by atoms with E-state index in [2.05, 4.69) is 10.6 Å². The third-order valence-electron chi connectivity index (χ3n) is 3.11. The minimum absolute atomic E-state index is 0.0262. The molecule has 5 nitrogen and oxygen atoms in total. The molecular formula is C12H16ClN3O2. The van der Waals surface area contributed by atoms with Crippen LogP contribution in [0.4, 0.5) is 11.4 Å². The summed E-state index contributed by atoms with van der Waals surface area (Å²) in [6, 6.07) is 5.07. The highest BCUT2D eigenvalue weighted by atomic mass is 35.5. The van der Waals surface area contributed by atoms with Crippen LogP contribution in [0.15, 0.2) is 18.2 Å². The summed E-state index contributed by atoms with van der Waals surface area (Å²) < 4.78 is 0. The first-order valence-corrected chi connectivity index (χ1v) is 6.46. The Balaban J connectivity index is 2.01. The molecule has 0 saturated carbocycles. The van der Waals surface area contributed by atoms with Crippen LogP contribution < -0.4 is 10.6 Å². The van der Waals surface area contributed by atoms with Crippen molar-refractivity contribution in [1.29, 1.82) is 0 Å². The van der Waals surface area contributed by atoms with Crippen molar-refractivity contribution in [3.63, 3.8) is 0 Å². The largest absolute Gasteiger partial charge is 0.378 e. The molecule has 1 aliphatic rings. The first-order chi connectivity index (χ1) is 8.66. The van der Waals surface area contributed by atoms with Crippen molar-refractivity contribution in [3.05, 3.63) is 33.3 Å². The van der Waals surface area contributed by atoms with Gasteiger partial charge in [-0.25, -0.2) is 0 Å². The average molecular weight is 270 g/mol. The highest BCUT2D eigenvalue weighted by molar-refractivity contribution is 6.30. The number of nitrogens with one attached hydrogen (secondary N) is 2. The van der Waals surface area contributed by atoms with Crippen molar-refractivity contribution in [2.75, 3.05) is 18.4 Å². The summed E-state index contributed by atoms with van der Waals surface area (Å²) in [5.74, 6) is 0. The zero-order valence-corrected chi connectivity index (χ0v) is 10.7. The topological polar surface area (TPSA) is 67.2 Å². The van der Waals surface area contributed by atoms with Gasteiger partial charge in [0.15, 0.2) is 0 Å². The van der Waals surface area contributed by atoms with Gasteiger partial charge < -0.3 is 10.6 Å². The number of nitro groups is 1. The first-order valence-electron chi connectivity index (χ1n) is 6.08. The summed E-state index contributed by atoms with van der Waals surface area (Å²) in [7, 11) is 0. The van der Waals surface area contributed by atoms with Crippen LogP contribution in [-0.4, -0.2) is 24.1 Å². The van der Waals surface area contributed by atoms with Crippen molar-refractivity contribution < 1.29 is 4.92 Å². The summed E-state index contributed by atoms with van der Waals surface area (Å²) >= 11 is 5.77. The van der Waals surface area contributed by atoms with Gasteiger partial charge in [0, 0.05) is 23.7 Å². The zero-order valence-electron chi connectivity index (χ0n) is 9.99. The van der Waals surface area contributed by atoms with Crippen LogP contribution in [-0.2, 0) is 0 Å². The molecule has 1 atom stereocenters. The number of nitrogens with zero attached hydrogens (tertiary/aromatic N) is 1. The van der Waals surface area contributed by atoms with Gasteiger partial charge in [0.05, 0.1) is 4.92 Å². The van der Waals surface area contributed by atoms with Gasteiger partial charge in [-0.3, -0.25) is 10.1 Å². The first kappa shape index (κ1) is 13.1. The van der Waals surface area contributed by atoms with Gasteiger partial charge in [0.2, 0.25) is 0 Å². The lowest BCUT2D eigenvalue weighted by Gasteiger charge is -2.24. The highest BCUT2D eigenvalue weighted by Crippen LogP contribution is 2.27. The van der Waals surface area contributed by atoms with Gasteiger partial charge in [0.1, 0.15) is 5.69 Å². The SMILES string of the molecule is O=[N+]([O-])c1cc(Cl)ccc1NCC1CCCCN1. The van der Waals surface area contributed by atoms with E-state index in [4.69, 9.17) is 11.6 Å². The standard InChI is InChI=1S/C12H16ClN3O2/c13-9-4-5-11(12(7-9)16(17)18)15-8-10-3-1-2-6-14-10/h4-5,7,10,14-15H,1-3,6,8H2. The number of nitro benzene ring substituents is 1. The maximum atomic E-state index is 10.9. The van der Waals surface area contributed by atoms with Crippen molar-refractivity contribution in [1.82, 2.24) is 5.32 Å². The summed E-state index contributed by atoms with van der Waals surface area (Å²) in [5, 5.41) is 17.8. The fourth-order valence-corrected chi connectivity index (χ4v) is 2.30. The molecule has 0 bridgehead atoms. The number of piperidine rings is 1. The third-order valence-corrected chi connectivity index (χ3v) is 3.34. The minimum Gasteiger partial charge on any atom is -0.378 e. The van der Waals surface area contributed by atoms with E-state index in [9.17, 15) is 10.1 Å². The molecule has 1 aromatic carbocycles. The lowest BCUT2D eigenvalue weighted by atomic mass is 10.1. The molecular weight excluding hydrogens is 254 g/mol. The van der Waals surface area contributed by atoms with Gasteiger partial charge in [-0.15, -0.1) is 0 Å². The number of hydrogen-bond donors (Lipinski definition) is 2. The molecule has 0 amide bonds. The van der Waals surface area contributed by atoms with E-state index < -0.39 is 4.92 Å². The van der Waals surface area contributed by atoms with E-state index in [0.29, 0.717) is 23.3 Å². The minimum atomic E-state index is -0.414. The van der Waals surface area contributed by atoms with Crippen molar-refractivity contribution in [2.24, 2.45) is 0 Å². The van der Waals surface area contributed by atoms with Crippen LogP contribution in [0.3, 0.4) is 0 Å². The predicted molar refractivity (Wildman–Crippen MR) is 72.2 cm³/mol. The van der Waals surface area contributed by atoms with Gasteiger partial charge in [-0.2, -0.15) is 0 Å². The second kappa shape index (κ2) is 6.02. The van der Waals surface area contributed by atoms with Gasteiger partial charge >= 0.3 is 0 Å². The number of anilines is 1. The molecule has 18 heavy (non-hydrogen) atoms. The van der Waals surface area contributed by atoms with E-state index in [1.807, 2.05) is 0 Å². The molecule has 1 saturated heterocycles. The Morgan fingerprint density at radius 2 is 2.33 bits per heavy atom. The van der Waals surface area contributed by atoms with Crippen molar-refractivity contribution >= 4 is 23.0 Å². The Kier molecular flexibility index (Phi) is 4.38. The van der Waals surface area contributed by atoms with Crippen LogP contribution in [0.2, 0.25) is 5.02 Å². The number of hydrogen-bond acceptors (Lipinski definition) is 4. The van der Waals surface area contributed by atoms with Crippen LogP contribution in [0.5, 0.6) is 0 Å². The maximum Gasteiger partial charge on any atom is 0.293 e. The molecule has 1 unspecified atom stereocenters. The third kappa shape index (κ3) is 3.34.